The molecule has 0 heterocycles. The van der Waals surface area contributed by atoms with Gasteiger partial charge < -0.3 is 20.2 Å². The van der Waals surface area contributed by atoms with Crippen molar-refractivity contribution in [2.24, 2.45) is 11.3 Å². The molecule has 25 heavy (non-hydrogen) atoms. The second kappa shape index (κ2) is 8.68. The van der Waals surface area contributed by atoms with Gasteiger partial charge in [-0.15, -0.1) is 0 Å². The molecule has 0 radical (unpaired) electrons. The molecule has 6 nitrogen and oxygen atoms in total. The van der Waals surface area contributed by atoms with E-state index in [0.29, 0.717) is 0 Å². The van der Waals surface area contributed by atoms with Crippen molar-refractivity contribution in [2.45, 2.75) is 91.3 Å². The van der Waals surface area contributed by atoms with Gasteiger partial charge in [-0.3, -0.25) is 0 Å². The van der Waals surface area contributed by atoms with Crippen molar-refractivity contribution in [1.29, 1.82) is 0 Å². The van der Waals surface area contributed by atoms with E-state index in [1.54, 1.807) is 0 Å². The van der Waals surface area contributed by atoms with Crippen LogP contribution in [0.15, 0.2) is 0 Å². The minimum absolute atomic E-state index is 0.0682. The Morgan fingerprint density at radius 1 is 1.00 bits per heavy atom. The molecule has 0 aliphatic heterocycles. The fourth-order valence-corrected chi connectivity index (χ4v) is 2.98. The Kier molecular flexibility index (Phi) is 7.44. The van der Waals surface area contributed by atoms with Crippen LogP contribution in [-0.4, -0.2) is 36.0 Å². The molecule has 2 atom stereocenters. The van der Waals surface area contributed by atoms with Crippen molar-refractivity contribution >= 4 is 18.3 Å². The molecule has 0 aromatic heterocycles. The van der Waals surface area contributed by atoms with Gasteiger partial charge in [0.05, 0.1) is 6.04 Å². The molecular formula is C19H34N2O4. The third kappa shape index (κ3) is 7.45. The summed E-state index contributed by atoms with van der Waals surface area (Å²) in [4.78, 5) is 36.3. The molecule has 1 aliphatic carbocycles. The van der Waals surface area contributed by atoms with Gasteiger partial charge in [0.25, 0.3) is 0 Å². The van der Waals surface area contributed by atoms with Crippen molar-refractivity contribution in [3.63, 3.8) is 0 Å². The summed E-state index contributed by atoms with van der Waals surface area (Å²) in [7, 11) is 0. The number of esters is 1. The van der Waals surface area contributed by atoms with Gasteiger partial charge in [0.2, 0.25) is 0 Å². The number of nitrogens with one attached hydrogen (secondary N) is 2. The molecular weight excluding hydrogens is 320 g/mol. The maximum atomic E-state index is 12.6. The van der Waals surface area contributed by atoms with E-state index >= 15 is 0 Å². The molecule has 1 fully saturated rings. The molecule has 1 saturated carbocycles. The molecule has 0 spiro atoms. The lowest BCUT2D eigenvalue weighted by Gasteiger charge is -2.33. The van der Waals surface area contributed by atoms with Gasteiger partial charge in [-0.1, -0.05) is 40.0 Å². The lowest BCUT2D eigenvalue weighted by atomic mass is 9.83. The smallest absolute Gasteiger partial charge is 0.329 e. The summed E-state index contributed by atoms with van der Waals surface area (Å²) in [6.07, 6.45) is 5.75. The van der Waals surface area contributed by atoms with Crippen LogP contribution in [0.5, 0.6) is 0 Å². The first-order chi connectivity index (χ1) is 11.4. The summed E-state index contributed by atoms with van der Waals surface area (Å²) in [5, 5.41) is 5.43. The van der Waals surface area contributed by atoms with Gasteiger partial charge in [-0.05, 0) is 44.9 Å². The van der Waals surface area contributed by atoms with Crippen molar-refractivity contribution in [1.82, 2.24) is 10.6 Å². The summed E-state index contributed by atoms with van der Waals surface area (Å²) < 4.78 is 5.50. The van der Waals surface area contributed by atoms with E-state index in [1.165, 1.54) is 0 Å². The van der Waals surface area contributed by atoms with E-state index in [4.69, 9.17) is 4.74 Å². The topological polar surface area (TPSA) is 84.5 Å². The Morgan fingerprint density at radius 3 is 2.00 bits per heavy atom. The first-order valence-corrected chi connectivity index (χ1v) is 9.19. The highest BCUT2D eigenvalue weighted by Gasteiger charge is 2.35. The van der Waals surface area contributed by atoms with Crippen molar-refractivity contribution < 1.29 is 19.1 Å². The largest absolute Gasteiger partial charge is 0.458 e. The van der Waals surface area contributed by atoms with Crippen molar-refractivity contribution in [3.8, 4) is 0 Å². The van der Waals surface area contributed by atoms with Crippen LogP contribution in [0.4, 0.5) is 4.79 Å². The number of amides is 2. The van der Waals surface area contributed by atoms with E-state index in [2.05, 4.69) is 10.6 Å². The predicted molar refractivity (Wildman–Crippen MR) is 97.2 cm³/mol. The standard InChI is InChI=1S/C19H34N2O4/c1-18(2,3)14(12-22)20-17(24)21-15(13-10-8-7-9-11-13)16(23)25-19(4,5)6/h12-15H,7-11H2,1-6H3,(H2,20,21,24)/t14?,15-/m0/s1. The zero-order valence-corrected chi connectivity index (χ0v) is 16.5. The van der Waals surface area contributed by atoms with Crippen molar-refractivity contribution in [3.05, 3.63) is 0 Å². The molecule has 1 aliphatic rings. The van der Waals surface area contributed by atoms with Crippen LogP contribution in [0.3, 0.4) is 0 Å². The molecule has 6 heteroatoms. The summed E-state index contributed by atoms with van der Waals surface area (Å²) >= 11 is 0. The molecule has 1 rings (SSSR count). The first-order valence-electron chi connectivity index (χ1n) is 9.19. The Labute approximate surface area is 151 Å². The number of urea groups is 1. The predicted octanol–water partition coefficient (Wildman–Crippen LogP) is 3.19. The van der Waals surface area contributed by atoms with E-state index in [9.17, 15) is 14.4 Å². The average molecular weight is 354 g/mol. The number of aldehydes is 1. The second-order valence-electron chi connectivity index (χ2n) is 9.01. The maximum Gasteiger partial charge on any atom is 0.329 e. The minimum atomic E-state index is -0.688. The molecule has 2 N–H and O–H groups in total. The minimum Gasteiger partial charge on any atom is -0.458 e. The lowest BCUT2D eigenvalue weighted by molar-refractivity contribution is -0.159. The van der Waals surface area contributed by atoms with Gasteiger partial charge in [0, 0.05) is 0 Å². The molecule has 2 amide bonds. The summed E-state index contributed by atoms with van der Waals surface area (Å²) in [5.74, 6) is -0.341. The molecule has 144 valence electrons. The van der Waals surface area contributed by atoms with E-state index in [0.717, 1.165) is 38.4 Å². The third-order valence-electron chi connectivity index (χ3n) is 4.42. The monoisotopic (exact) mass is 354 g/mol. The van der Waals surface area contributed by atoms with Gasteiger partial charge >= 0.3 is 12.0 Å². The maximum absolute atomic E-state index is 12.6. The van der Waals surface area contributed by atoms with Crippen LogP contribution in [0.2, 0.25) is 0 Å². The zero-order valence-electron chi connectivity index (χ0n) is 16.5. The number of rotatable bonds is 5. The Morgan fingerprint density at radius 2 is 1.56 bits per heavy atom. The van der Waals surface area contributed by atoms with Crippen LogP contribution >= 0.6 is 0 Å². The SMILES string of the molecule is CC(C)(C)OC(=O)[C@@H](NC(=O)NC(C=O)C(C)(C)C)C1CCCCC1. The fraction of sp³-hybridized carbons (Fsp3) is 0.842. The third-order valence-corrected chi connectivity index (χ3v) is 4.42. The van der Waals surface area contributed by atoms with Crippen LogP contribution in [0, 0.1) is 11.3 Å². The van der Waals surface area contributed by atoms with Crippen LogP contribution < -0.4 is 10.6 Å². The number of hydrogen-bond acceptors (Lipinski definition) is 4. The van der Waals surface area contributed by atoms with Gasteiger partial charge in [-0.25, -0.2) is 9.59 Å². The molecule has 0 aromatic rings. The fourth-order valence-electron chi connectivity index (χ4n) is 2.98. The quantitative estimate of drug-likeness (QED) is 0.586. The first kappa shape index (κ1) is 21.5. The highest BCUT2D eigenvalue weighted by atomic mass is 16.6. The highest BCUT2D eigenvalue weighted by Crippen LogP contribution is 2.28. The second-order valence-corrected chi connectivity index (χ2v) is 9.01. The number of hydrogen-bond donors (Lipinski definition) is 2. The summed E-state index contributed by atoms with van der Waals surface area (Å²) in [6.45, 7) is 11.1. The van der Waals surface area contributed by atoms with Gasteiger partial charge in [-0.2, -0.15) is 0 Å². The highest BCUT2D eigenvalue weighted by molar-refractivity contribution is 5.85. The number of carbonyl (C=O) groups is 3. The molecule has 0 saturated heterocycles. The van der Waals surface area contributed by atoms with Crippen LogP contribution in [0.25, 0.3) is 0 Å². The van der Waals surface area contributed by atoms with E-state index < -0.39 is 35.1 Å². The van der Waals surface area contributed by atoms with Crippen LogP contribution in [0.1, 0.15) is 73.6 Å². The van der Waals surface area contributed by atoms with Crippen LogP contribution in [-0.2, 0) is 14.3 Å². The summed E-state index contributed by atoms with van der Waals surface area (Å²) in [6, 6.07) is -1.82. The van der Waals surface area contributed by atoms with Gasteiger partial charge in [0.15, 0.2) is 0 Å². The van der Waals surface area contributed by atoms with Gasteiger partial charge in [0.1, 0.15) is 17.9 Å². The van der Waals surface area contributed by atoms with Crippen molar-refractivity contribution in [2.75, 3.05) is 0 Å². The number of ether oxygens (including phenoxy) is 1. The lowest BCUT2D eigenvalue weighted by Crippen LogP contribution is -2.55. The Balaban J connectivity index is 2.83. The molecule has 0 bridgehead atoms. The average Bonchev–Trinajstić information content (AvgIpc) is 2.48. The normalized spacial score (nSPS) is 18.8. The summed E-state index contributed by atoms with van der Waals surface area (Å²) in [5.41, 5.74) is -1.01. The molecule has 0 aromatic carbocycles. The van der Waals surface area contributed by atoms with E-state index in [1.807, 2.05) is 41.5 Å². The Bertz CT molecular complexity index is 471. The van der Waals surface area contributed by atoms with E-state index in [-0.39, 0.29) is 5.92 Å². The Hall–Kier alpha value is -1.59. The zero-order chi connectivity index (χ0) is 19.3. The number of carbonyl (C=O) groups excluding carboxylic acids is 3. The molecule has 1 unspecified atom stereocenters.